The highest BCUT2D eigenvalue weighted by Gasteiger charge is 2.20. The van der Waals surface area contributed by atoms with Gasteiger partial charge in [-0.25, -0.2) is 4.98 Å². The van der Waals surface area contributed by atoms with Gasteiger partial charge in [-0.2, -0.15) is 0 Å². The highest BCUT2D eigenvalue weighted by molar-refractivity contribution is 5.19. The quantitative estimate of drug-likeness (QED) is 0.659. The van der Waals surface area contributed by atoms with Crippen molar-refractivity contribution in [1.29, 1.82) is 0 Å². The first-order valence-corrected chi connectivity index (χ1v) is 4.01. The van der Waals surface area contributed by atoms with Crippen LogP contribution in [0, 0.1) is 6.92 Å². The maximum absolute atomic E-state index is 5.50. The van der Waals surface area contributed by atoms with E-state index in [-0.39, 0.29) is 6.10 Å². The molecule has 1 aliphatic heterocycles. The maximum atomic E-state index is 5.50. The summed E-state index contributed by atoms with van der Waals surface area (Å²) >= 11 is 0. The number of pyridine rings is 1. The average Bonchev–Trinajstić information content (AvgIpc) is 1.97. The van der Waals surface area contributed by atoms with Crippen molar-refractivity contribution in [2.24, 2.45) is 0 Å². The first kappa shape index (κ1) is 7.55. The molecule has 0 atom stereocenters. The van der Waals surface area contributed by atoms with E-state index >= 15 is 0 Å². The van der Waals surface area contributed by atoms with Gasteiger partial charge in [-0.1, -0.05) is 0 Å². The number of aromatic nitrogens is 1. The van der Waals surface area contributed by atoms with E-state index in [4.69, 9.17) is 9.47 Å². The van der Waals surface area contributed by atoms with Crippen molar-refractivity contribution in [2.45, 2.75) is 13.0 Å². The summed E-state index contributed by atoms with van der Waals surface area (Å²) in [5, 5.41) is 0. The topological polar surface area (TPSA) is 31.4 Å². The molecule has 3 heteroatoms. The molecule has 0 saturated carbocycles. The Kier molecular flexibility index (Phi) is 1.96. The maximum Gasteiger partial charge on any atom is 0.213 e. The SMILES string of the molecule is Cc1ccnc(OC2COC2)c1. The zero-order valence-corrected chi connectivity index (χ0v) is 6.99. The Morgan fingerprint density at radius 3 is 3.00 bits per heavy atom. The van der Waals surface area contributed by atoms with Gasteiger partial charge in [0.05, 0.1) is 13.2 Å². The molecule has 1 aromatic heterocycles. The fourth-order valence-corrected chi connectivity index (χ4v) is 1.03. The molecule has 2 rings (SSSR count). The molecule has 0 radical (unpaired) electrons. The average molecular weight is 165 g/mol. The molecule has 1 aliphatic rings. The van der Waals surface area contributed by atoms with Gasteiger partial charge in [0, 0.05) is 12.3 Å². The predicted molar refractivity (Wildman–Crippen MR) is 44.2 cm³/mol. The van der Waals surface area contributed by atoms with Crippen molar-refractivity contribution in [3.8, 4) is 5.88 Å². The number of nitrogens with zero attached hydrogens (tertiary/aromatic N) is 1. The summed E-state index contributed by atoms with van der Waals surface area (Å²) in [6.07, 6.45) is 1.96. The van der Waals surface area contributed by atoms with Gasteiger partial charge in [0.2, 0.25) is 5.88 Å². The fraction of sp³-hybridized carbons (Fsp3) is 0.444. The lowest BCUT2D eigenvalue weighted by molar-refractivity contribution is -0.0813. The predicted octanol–water partition coefficient (Wildman–Crippen LogP) is 1.17. The molecular weight excluding hydrogens is 154 g/mol. The van der Waals surface area contributed by atoms with E-state index in [0.717, 1.165) is 0 Å². The third-order valence-corrected chi connectivity index (χ3v) is 1.79. The van der Waals surface area contributed by atoms with Gasteiger partial charge in [0.1, 0.15) is 6.10 Å². The van der Waals surface area contributed by atoms with Crippen molar-refractivity contribution < 1.29 is 9.47 Å². The van der Waals surface area contributed by atoms with E-state index in [1.807, 2.05) is 19.1 Å². The van der Waals surface area contributed by atoms with Gasteiger partial charge in [-0.3, -0.25) is 0 Å². The van der Waals surface area contributed by atoms with Crippen LogP contribution in [0.1, 0.15) is 5.56 Å². The van der Waals surface area contributed by atoms with Crippen LogP contribution in [-0.4, -0.2) is 24.3 Å². The lowest BCUT2D eigenvalue weighted by atomic mass is 10.3. The normalized spacial score (nSPS) is 17.1. The summed E-state index contributed by atoms with van der Waals surface area (Å²) in [5.74, 6) is 0.698. The van der Waals surface area contributed by atoms with E-state index < -0.39 is 0 Å². The second kappa shape index (κ2) is 3.11. The second-order valence-electron chi connectivity index (χ2n) is 2.95. The molecule has 64 valence electrons. The Morgan fingerprint density at radius 1 is 1.58 bits per heavy atom. The molecule has 0 amide bonds. The molecular formula is C9H11NO2. The van der Waals surface area contributed by atoms with Crippen molar-refractivity contribution in [3.05, 3.63) is 23.9 Å². The molecule has 0 bridgehead atoms. The molecule has 3 nitrogen and oxygen atoms in total. The second-order valence-corrected chi connectivity index (χ2v) is 2.95. The molecule has 1 aromatic rings. The third-order valence-electron chi connectivity index (χ3n) is 1.79. The van der Waals surface area contributed by atoms with Crippen molar-refractivity contribution in [2.75, 3.05) is 13.2 Å². The van der Waals surface area contributed by atoms with E-state index in [9.17, 15) is 0 Å². The minimum Gasteiger partial charge on any atom is -0.469 e. The Bertz CT molecular complexity index is 271. The van der Waals surface area contributed by atoms with Crippen molar-refractivity contribution in [1.82, 2.24) is 4.98 Å². The monoisotopic (exact) mass is 165 g/mol. The summed E-state index contributed by atoms with van der Waals surface area (Å²) < 4.78 is 10.5. The first-order chi connectivity index (χ1) is 5.84. The molecule has 0 spiro atoms. The number of aryl methyl sites for hydroxylation is 1. The summed E-state index contributed by atoms with van der Waals surface area (Å²) in [5.41, 5.74) is 1.17. The standard InChI is InChI=1S/C9H11NO2/c1-7-2-3-10-9(4-7)12-8-5-11-6-8/h2-4,8H,5-6H2,1H3. The number of hydrogen-bond donors (Lipinski definition) is 0. The van der Waals surface area contributed by atoms with E-state index in [1.165, 1.54) is 5.56 Å². The molecule has 0 unspecified atom stereocenters. The zero-order valence-electron chi connectivity index (χ0n) is 6.99. The Labute approximate surface area is 71.3 Å². The van der Waals surface area contributed by atoms with Crippen molar-refractivity contribution in [3.63, 3.8) is 0 Å². The first-order valence-electron chi connectivity index (χ1n) is 4.01. The van der Waals surface area contributed by atoms with Crippen LogP contribution in [0.15, 0.2) is 18.3 Å². The Morgan fingerprint density at radius 2 is 2.42 bits per heavy atom. The smallest absolute Gasteiger partial charge is 0.213 e. The molecule has 1 saturated heterocycles. The number of rotatable bonds is 2. The zero-order chi connectivity index (χ0) is 8.39. The highest BCUT2D eigenvalue weighted by Crippen LogP contribution is 2.13. The number of hydrogen-bond acceptors (Lipinski definition) is 3. The summed E-state index contributed by atoms with van der Waals surface area (Å²) in [4.78, 5) is 4.08. The lowest BCUT2D eigenvalue weighted by Crippen LogP contribution is -2.38. The van der Waals surface area contributed by atoms with Gasteiger partial charge in [0.25, 0.3) is 0 Å². The van der Waals surface area contributed by atoms with Gasteiger partial charge in [0.15, 0.2) is 0 Å². The molecule has 12 heavy (non-hydrogen) atoms. The molecule has 2 heterocycles. The molecule has 1 fully saturated rings. The van der Waals surface area contributed by atoms with Gasteiger partial charge in [-0.15, -0.1) is 0 Å². The van der Waals surface area contributed by atoms with Crippen LogP contribution in [0.4, 0.5) is 0 Å². The third kappa shape index (κ3) is 1.56. The molecule has 0 aliphatic carbocycles. The van der Waals surface area contributed by atoms with Gasteiger partial charge >= 0.3 is 0 Å². The van der Waals surface area contributed by atoms with Crippen LogP contribution < -0.4 is 4.74 Å². The van der Waals surface area contributed by atoms with E-state index in [0.29, 0.717) is 19.1 Å². The van der Waals surface area contributed by atoms with Crippen LogP contribution in [0.5, 0.6) is 5.88 Å². The van der Waals surface area contributed by atoms with Crippen LogP contribution in [-0.2, 0) is 4.74 Å². The van der Waals surface area contributed by atoms with Crippen LogP contribution >= 0.6 is 0 Å². The number of ether oxygens (including phenoxy) is 2. The van der Waals surface area contributed by atoms with E-state index in [2.05, 4.69) is 4.98 Å². The van der Waals surface area contributed by atoms with Crippen molar-refractivity contribution >= 4 is 0 Å². The fourth-order valence-electron chi connectivity index (χ4n) is 1.03. The lowest BCUT2D eigenvalue weighted by Gasteiger charge is -2.26. The molecule has 0 aromatic carbocycles. The highest BCUT2D eigenvalue weighted by atomic mass is 16.6. The van der Waals surface area contributed by atoms with Gasteiger partial charge < -0.3 is 9.47 Å². The van der Waals surface area contributed by atoms with Crippen LogP contribution in [0.3, 0.4) is 0 Å². The largest absolute Gasteiger partial charge is 0.469 e. The minimum atomic E-state index is 0.208. The summed E-state index contributed by atoms with van der Waals surface area (Å²) in [6, 6.07) is 3.88. The van der Waals surface area contributed by atoms with Crippen LogP contribution in [0.2, 0.25) is 0 Å². The summed E-state index contributed by atoms with van der Waals surface area (Å²) in [6.45, 7) is 3.40. The van der Waals surface area contributed by atoms with Crippen LogP contribution in [0.25, 0.3) is 0 Å². The Hall–Kier alpha value is -1.09. The summed E-state index contributed by atoms with van der Waals surface area (Å²) in [7, 11) is 0. The van der Waals surface area contributed by atoms with Gasteiger partial charge in [-0.05, 0) is 18.6 Å². The minimum absolute atomic E-state index is 0.208. The Balaban J connectivity index is 2.02. The van der Waals surface area contributed by atoms with E-state index in [1.54, 1.807) is 6.20 Å². The molecule has 0 N–H and O–H groups in total.